The molecule has 3 N–H and O–H groups in total. The molecule has 0 unspecified atom stereocenters. The van der Waals surface area contributed by atoms with E-state index in [-0.39, 0.29) is 16.2 Å². The highest BCUT2D eigenvalue weighted by Gasteiger charge is 2.21. The van der Waals surface area contributed by atoms with Crippen LogP contribution in [0.5, 0.6) is 5.75 Å². The minimum atomic E-state index is -4.08. The van der Waals surface area contributed by atoms with Gasteiger partial charge < -0.3 is 10.1 Å². The van der Waals surface area contributed by atoms with E-state index in [1.165, 1.54) is 37.6 Å². The molecule has 0 aliphatic carbocycles. The second-order valence-corrected chi connectivity index (χ2v) is 7.87. The molecule has 2 aromatic carbocycles. The zero-order valence-corrected chi connectivity index (χ0v) is 16.3. The normalized spacial score (nSPS) is 12.9. The number of fused-ring (bicyclic) bond motifs is 1. The molecule has 0 fully saturated rings. The van der Waals surface area contributed by atoms with Gasteiger partial charge in [0.1, 0.15) is 16.5 Å². The number of pyridine rings is 1. The van der Waals surface area contributed by atoms with Gasteiger partial charge in [-0.05, 0) is 19.1 Å². The maximum Gasteiger partial charge on any atom is 0.266 e. The van der Waals surface area contributed by atoms with Crippen molar-refractivity contribution in [1.29, 1.82) is 0 Å². The number of sulfonamides is 1. The average Bonchev–Trinajstić information content (AvgIpc) is 2.66. The minimum absolute atomic E-state index is 0.0355. The first-order valence-electron chi connectivity index (χ1n) is 8.46. The van der Waals surface area contributed by atoms with Crippen molar-refractivity contribution in [3.63, 3.8) is 0 Å². The summed E-state index contributed by atoms with van der Waals surface area (Å²) in [6.45, 7) is 1.60. The summed E-state index contributed by atoms with van der Waals surface area (Å²) in [5, 5.41) is 8.68. The molecule has 0 bridgehead atoms. The number of rotatable bonds is 6. The van der Waals surface area contributed by atoms with E-state index < -0.39 is 33.9 Å². The maximum atomic E-state index is 14.5. The van der Waals surface area contributed by atoms with Crippen LogP contribution in [0, 0.1) is 5.82 Å². The number of methoxy groups -OCH3 is 1. The van der Waals surface area contributed by atoms with Crippen LogP contribution in [0.25, 0.3) is 10.9 Å². The molecule has 0 saturated carbocycles. The van der Waals surface area contributed by atoms with Gasteiger partial charge in [-0.2, -0.15) is 0 Å². The first-order valence-corrected chi connectivity index (χ1v) is 10.0. The van der Waals surface area contributed by atoms with Crippen LogP contribution in [0.1, 0.15) is 30.5 Å². The minimum Gasteiger partial charge on any atom is -0.495 e. The van der Waals surface area contributed by atoms with Gasteiger partial charge in [-0.1, -0.05) is 18.2 Å². The second-order valence-electron chi connectivity index (χ2n) is 6.34. The van der Waals surface area contributed by atoms with Crippen LogP contribution in [0.15, 0.2) is 47.5 Å². The molecule has 0 aliphatic rings. The molecule has 0 aliphatic heterocycles. The van der Waals surface area contributed by atoms with Gasteiger partial charge in [0.05, 0.1) is 24.2 Å². The predicted molar refractivity (Wildman–Crippen MR) is 103 cm³/mol. The van der Waals surface area contributed by atoms with Crippen molar-refractivity contribution in [2.45, 2.75) is 24.3 Å². The number of benzene rings is 2. The Labute approximate surface area is 165 Å². The van der Waals surface area contributed by atoms with E-state index in [4.69, 9.17) is 9.88 Å². The molecule has 0 radical (unpaired) electrons. The standard InChI is InChI=1S/C19H18F3N3O3S/c1-10(11-4-3-5-12(18(11)20)19(21)22)25-14-6-7-24-15-9-16(28-2)17(8-13(14)15)29(23,26)27/h3-10,19H,1-2H3,(H,24,25)(H2,23,26,27)/t10-/m1/s1. The fraction of sp³-hybridized carbons (Fsp3) is 0.211. The summed E-state index contributed by atoms with van der Waals surface area (Å²) in [7, 11) is -2.78. The summed E-state index contributed by atoms with van der Waals surface area (Å²) < 4.78 is 69.3. The molecule has 154 valence electrons. The average molecular weight is 425 g/mol. The third-order valence-corrected chi connectivity index (χ3v) is 5.40. The maximum absolute atomic E-state index is 14.5. The number of hydrogen-bond donors (Lipinski definition) is 2. The van der Waals surface area contributed by atoms with Gasteiger partial charge in [-0.25, -0.2) is 26.7 Å². The van der Waals surface area contributed by atoms with Crippen molar-refractivity contribution in [2.75, 3.05) is 12.4 Å². The number of nitrogens with one attached hydrogen (secondary N) is 1. The SMILES string of the molecule is COc1cc2nccc(N[C@H](C)c3cccc(C(F)F)c3F)c2cc1S(N)(=O)=O. The lowest BCUT2D eigenvalue weighted by Gasteiger charge is -2.19. The van der Waals surface area contributed by atoms with E-state index in [0.29, 0.717) is 16.6 Å². The highest BCUT2D eigenvalue weighted by Crippen LogP contribution is 2.34. The van der Waals surface area contributed by atoms with E-state index in [9.17, 15) is 21.6 Å². The number of primary sulfonamides is 1. The highest BCUT2D eigenvalue weighted by atomic mass is 32.2. The second kappa shape index (κ2) is 7.88. The number of anilines is 1. The van der Waals surface area contributed by atoms with Crippen molar-refractivity contribution < 1.29 is 26.3 Å². The van der Waals surface area contributed by atoms with Gasteiger partial charge in [0.25, 0.3) is 6.43 Å². The number of ether oxygens (including phenoxy) is 1. The van der Waals surface area contributed by atoms with Crippen LogP contribution >= 0.6 is 0 Å². The number of aromatic nitrogens is 1. The van der Waals surface area contributed by atoms with E-state index in [0.717, 1.165) is 6.07 Å². The zero-order valence-electron chi connectivity index (χ0n) is 15.5. The molecule has 1 atom stereocenters. The summed E-state index contributed by atoms with van der Waals surface area (Å²) in [6, 6.07) is 7.38. The number of nitrogens with zero attached hydrogens (tertiary/aromatic N) is 1. The third kappa shape index (κ3) is 4.13. The Balaban J connectivity index is 2.08. The Kier molecular flexibility index (Phi) is 5.67. The van der Waals surface area contributed by atoms with Crippen LogP contribution < -0.4 is 15.2 Å². The van der Waals surface area contributed by atoms with Crippen LogP contribution in [0.3, 0.4) is 0 Å². The van der Waals surface area contributed by atoms with Crippen molar-refractivity contribution in [2.24, 2.45) is 5.14 Å². The Hall–Kier alpha value is -2.85. The molecular weight excluding hydrogens is 407 g/mol. The van der Waals surface area contributed by atoms with Crippen molar-refractivity contribution in [3.8, 4) is 5.75 Å². The first-order chi connectivity index (χ1) is 13.6. The van der Waals surface area contributed by atoms with Crippen LogP contribution in [0.4, 0.5) is 18.9 Å². The largest absolute Gasteiger partial charge is 0.495 e. The summed E-state index contributed by atoms with van der Waals surface area (Å²) in [4.78, 5) is 3.95. The van der Waals surface area contributed by atoms with Crippen molar-refractivity contribution >= 4 is 26.6 Å². The molecule has 3 rings (SSSR count). The molecular formula is C19H18F3N3O3S. The van der Waals surface area contributed by atoms with Crippen molar-refractivity contribution in [3.05, 3.63) is 59.5 Å². The molecule has 6 nitrogen and oxygen atoms in total. The topological polar surface area (TPSA) is 94.3 Å². The molecule has 1 heterocycles. The summed E-state index contributed by atoms with van der Waals surface area (Å²) >= 11 is 0. The van der Waals surface area contributed by atoms with E-state index in [1.54, 1.807) is 13.0 Å². The zero-order chi connectivity index (χ0) is 21.3. The van der Waals surface area contributed by atoms with Gasteiger partial charge in [0, 0.05) is 28.9 Å². The lowest BCUT2D eigenvalue weighted by atomic mass is 10.0. The van der Waals surface area contributed by atoms with Gasteiger partial charge in [-0.15, -0.1) is 0 Å². The van der Waals surface area contributed by atoms with E-state index >= 15 is 0 Å². The Morgan fingerprint density at radius 2 is 1.86 bits per heavy atom. The van der Waals surface area contributed by atoms with E-state index in [1.807, 2.05) is 0 Å². The lowest BCUT2D eigenvalue weighted by molar-refractivity contribution is 0.146. The number of halogens is 3. The fourth-order valence-electron chi connectivity index (χ4n) is 3.04. The van der Waals surface area contributed by atoms with Crippen LogP contribution in [-0.4, -0.2) is 20.5 Å². The quantitative estimate of drug-likeness (QED) is 0.619. The van der Waals surface area contributed by atoms with Crippen molar-refractivity contribution in [1.82, 2.24) is 4.98 Å². The fourth-order valence-corrected chi connectivity index (χ4v) is 3.75. The summed E-state index contributed by atoms with van der Waals surface area (Å²) in [6.07, 6.45) is -1.46. The highest BCUT2D eigenvalue weighted by molar-refractivity contribution is 7.89. The third-order valence-electron chi connectivity index (χ3n) is 4.47. The Morgan fingerprint density at radius 3 is 2.48 bits per heavy atom. The monoisotopic (exact) mass is 425 g/mol. The van der Waals surface area contributed by atoms with Crippen LogP contribution in [-0.2, 0) is 10.0 Å². The lowest BCUT2D eigenvalue weighted by Crippen LogP contribution is -2.14. The van der Waals surface area contributed by atoms with Gasteiger partial charge in [0.15, 0.2) is 0 Å². The number of hydrogen-bond acceptors (Lipinski definition) is 5. The molecule has 1 aromatic heterocycles. The smallest absolute Gasteiger partial charge is 0.266 e. The molecule has 3 aromatic rings. The van der Waals surface area contributed by atoms with E-state index in [2.05, 4.69) is 10.3 Å². The van der Waals surface area contributed by atoms with Gasteiger partial charge >= 0.3 is 0 Å². The van der Waals surface area contributed by atoms with Gasteiger partial charge in [0.2, 0.25) is 10.0 Å². The molecule has 0 saturated heterocycles. The first kappa shape index (κ1) is 20.9. The van der Waals surface area contributed by atoms with Gasteiger partial charge in [-0.3, -0.25) is 4.98 Å². The summed E-state index contributed by atoms with van der Waals surface area (Å²) in [5.41, 5.74) is 0.204. The summed E-state index contributed by atoms with van der Waals surface area (Å²) in [5.74, 6) is -0.957. The van der Waals surface area contributed by atoms with Crippen LogP contribution in [0.2, 0.25) is 0 Å². The number of nitrogens with two attached hydrogens (primary N) is 1. The molecule has 29 heavy (non-hydrogen) atoms. The number of alkyl halides is 2. The Morgan fingerprint density at radius 1 is 1.17 bits per heavy atom. The molecule has 0 amide bonds. The molecule has 10 heteroatoms. The Bertz CT molecular complexity index is 1170. The predicted octanol–water partition coefficient (Wildman–Crippen LogP) is 4.14. The molecule has 0 spiro atoms.